The molecule has 4 heteroatoms. The highest BCUT2D eigenvalue weighted by Gasteiger charge is 2.43. The van der Waals surface area contributed by atoms with Crippen molar-refractivity contribution in [3.05, 3.63) is 94.0 Å². The Morgan fingerprint density at radius 3 is 2.25 bits per heavy atom. The molecule has 0 aromatic heterocycles. The fourth-order valence-electron chi connectivity index (χ4n) is 4.76. The van der Waals surface area contributed by atoms with Crippen LogP contribution in [0.4, 0.5) is 0 Å². The van der Waals surface area contributed by atoms with Crippen molar-refractivity contribution in [3.8, 4) is 11.1 Å². The van der Waals surface area contributed by atoms with E-state index in [1.54, 1.807) is 13.8 Å². The lowest BCUT2D eigenvalue weighted by Gasteiger charge is -2.33. The van der Waals surface area contributed by atoms with Crippen LogP contribution in [0.5, 0.6) is 0 Å². The largest absolute Gasteiger partial charge is 0.462 e. The highest BCUT2D eigenvalue weighted by molar-refractivity contribution is 5.89. The SMILES string of the molecule is CCOC(=O)c1ccc(CCC2(NC(C)=O)c3ccc(C)cc3-c3ccc(C)cc32)cc1. The Morgan fingerprint density at radius 1 is 0.875 bits per heavy atom. The van der Waals surface area contributed by atoms with E-state index in [0.29, 0.717) is 12.2 Å². The van der Waals surface area contributed by atoms with Crippen LogP contribution in [0.15, 0.2) is 60.7 Å². The van der Waals surface area contributed by atoms with Crippen LogP contribution in [-0.4, -0.2) is 18.5 Å². The van der Waals surface area contributed by atoms with Crippen LogP contribution < -0.4 is 5.32 Å². The molecule has 1 atom stereocenters. The van der Waals surface area contributed by atoms with E-state index in [1.165, 1.54) is 22.3 Å². The molecule has 0 heterocycles. The molecule has 32 heavy (non-hydrogen) atoms. The molecule has 0 saturated carbocycles. The van der Waals surface area contributed by atoms with Crippen molar-refractivity contribution in [2.75, 3.05) is 6.61 Å². The van der Waals surface area contributed by atoms with Gasteiger partial charge in [0.15, 0.2) is 0 Å². The maximum atomic E-state index is 12.4. The molecule has 1 aliphatic carbocycles. The summed E-state index contributed by atoms with van der Waals surface area (Å²) in [7, 11) is 0. The molecule has 0 fully saturated rings. The van der Waals surface area contributed by atoms with Gasteiger partial charge in [-0.05, 0) is 73.6 Å². The van der Waals surface area contributed by atoms with Crippen molar-refractivity contribution < 1.29 is 14.3 Å². The van der Waals surface area contributed by atoms with Gasteiger partial charge in [-0.15, -0.1) is 0 Å². The summed E-state index contributed by atoms with van der Waals surface area (Å²) in [5.41, 5.74) is 8.10. The number of carbonyl (C=O) groups excluding carboxylic acids is 2. The zero-order chi connectivity index (χ0) is 22.9. The Hall–Kier alpha value is -3.40. The summed E-state index contributed by atoms with van der Waals surface area (Å²) in [4.78, 5) is 24.4. The third-order valence-electron chi connectivity index (χ3n) is 6.20. The lowest BCUT2D eigenvalue weighted by atomic mass is 9.81. The Labute approximate surface area is 189 Å². The van der Waals surface area contributed by atoms with Crippen LogP contribution >= 0.6 is 0 Å². The number of hydrogen-bond donors (Lipinski definition) is 1. The first-order valence-corrected chi connectivity index (χ1v) is 11.1. The van der Waals surface area contributed by atoms with Gasteiger partial charge in [0.25, 0.3) is 0 Å². The fraction of sp³-hybridized carbons (Fsp3) is 0.286. The molecule has 4 rings (SSSR count). The van der Waals surface area contributed by atoms with Crippen LogP contribution in [0.2, 0.25) is 0 Å². The molecule has 4 nitrogen and oxygen atoms in total. The summed E-state index contributed by atoms with van der Waals surface area (Å²) in [5, 5.41) is 3.32. The molecule has 1 N–H and O–H groups in total. The second kappa shape index (κ2) is 8.62. The number of carbonyl (C=O) groups is 2. The van der Waals surface area contributed by atoms with Gasteiger partial charge in [0.2, 0.25) is 5.91 Å². The minimum Gasteiger partial charge on any atom is -0.462 e. The molecule has 0 bridgehead atoms. The predicted molar refractivity (Wildman–Crippen MR) is 127 cm³/mol. The summed E-state index contributed by atoms with van der Waals surface area (Å²) in [6, 6.07) is 20.5. The molecule has 0 radical (unpaired) electrons. The average molecular weight is 428 g/mol. The van der Waals surface area contributed by atoms with Crippen molar-refractivity contribution in [1.29, 1.82) is 0 Å². The highest BCUT2D eigenvalue weighted by Crippen LogP contribution is 2.50. The molecule has 3 aromatic rings. The van der Waals surface area contributed by atoms with E-state index in [9.17, 15) is 9.59 Å². The third kappa shape index (κ3) is 3.93. The molecule has 1 amide bonds. The van der Waals surface area contributed by atoms with Gasteiger partial charge in [-0.3, -0.25) is 4.79 Å². The number of nitrogens with one attached hydrogen (secondary N) is 1. The second-order valence-corrected chi connectivity index (χ2v) is 8.60. The minimum absolute atomic E-state index is 0.0523. The molecule has 1 aliphatic rings. The van der Waals surface area contributed by atoms with E-state index < -0.39 is 5.54 Å². The van der Waals surface area contributed by atoms with Gasteiger partial charge in [0, 0.05) is 6.92 Å². The highest BCUT2D eigenvalue weighted by atomic mass is 16.5. The summed E-state index contributed by atoms with van der Waals surface area (Å²) < 4.78 is 5.08. The molecular formula is C28H29NO3. The number of rotatable bonds is 6. The number of ether oxygens (including phenoxy) is 1. The van der Waals surface area contributed by atoms with Crippen LogP contribution in [0, 0.1) is 13.8 Å². The van der Waals surface area contributed by atoms with Gasteiger partial charge in [0.05, 0.1) is 17.7 Å². The number of aryl methyl sites for hydroxylation is 3. The van der Waals surface area contributed by atoms with E-state index in [-0.39, 0.29) is 11.9 Å². The van der Waals surface area contributed by atoms with Gasteiger partial charge in [-0.1, -0.05) is 59.7 Å². The Morgan fingerprint density at radius 2 is 1.56 bits per heavy atom. The lowest BCUT2D eigenvalue weighted by molar-refractivity contribution is -0.120. The molecule has 164 valence electrons. The monoisotopic (exact) mass is 427 g/mol. The van der Waals surface area contributed by atoms with Gasteiger partial charge < -0.3 is 10.1 Å². The topological polar surface area (TPSA) is 55.4 Å². The van der Waals surface area contributed by atoms with Gasteiger partial charge in [0.1, 0.15) is 0 Å². The quantitative estimate of drug-likeness (QED) is 0.531. The molecule has 0 saturated heterocycles. The van der Waals surface area contributed by atoms with Crippen LogP contribution in [0.3, 0.4) is 0 Å². The zero-order valence-electron chi connectivity index (χ0n) is 19.1. The van der Waals surface area contributed by atoms with Crippen molar-refractivity contribution >= 4 is 11.9 Å². The fourth-order valence-corrected chi connectivity index (χ4v) is 4.76. The first-order chi connectivity index (χ1) is 15.3. The number of esters is 1. The Balaban J connectivity index is 1.73. The van der Waals surface area contributed by atoms with Gasteiger partial charge in [-0.2, -0.15) is 0 Å². The van der Waals surface area contributed by atoms with Crippen molar-refractivity contribution in [3.63, 3.8) is 0 Å². The van der Waals surface area contributed by atoms with Crippen molar-refractivity contribution in [1.82, 2.24) is 5.32 Å². The van der Waals surface area contributed by atoms with Gasteiger partial charge in [-0.25, -0.2) is 4.79 Å². The van der Waals surface area contributed by atoms with Gasteiger partial charge >= 0.3 is 5.97 Å². The minimum atomic E-state index is -0.587. The predicted octanol–water partition coefficient (Wildman–Crippen LogP) is 5.47. The molecule has 0 spiro atoms. The van der Waals surface area contributed by atoms with E-state index in [2.05, 4.69) is 55.6 Å². The number of fused-ring (bicyclic) bond motifs is 3. The molecule has 0 aliphatic heterocycles. The smallest absolute Gasteiger partial charge is 0.338 e. The van der Waals surface area contributed by atoms with E-state index in [1.807, 2.05) is 24.3 Å². The molecule has 1 unspecified atom stereocenters. The van der Waals surface area contributed by atoms with Crippen molar-refractivity contribution in [2.45, 2.75) is 46.1 Å². The summed E-state index contributed by atoms with van der Waals surface area (Å²) in [6.07, 6.45) is 1.47. The lowest BCUT2D eigenvalue weighted by Crippen LogP contribution is -2.45. The zero-order valence-corrected chi connectivity index (χ0v) is 19.1. The normalized spacial score (nSPS) is 16.2. The van der Waals surface area contributed by atoms with Crippen LogP contribution in [-0.2, 0) is 21.5 Å². The maximum Gasteiger partial charge on any atom is 0.338 e. The maximum absolute atomic E-state index is 12.4. The third-order valence-corrected chi connectivity index (χ3v) is 6.20. The second-order valence-electron chi connectivity index (χ2n) is 8.60. The summed E-state index contributed by atoms with van der Waals surface area (Å²) in [5.74, 6) is -0.359. The average Bonchev–Trinajstić information content (AvgIpc) is 3.01. The number of hydrogen-bond acceptors (Lipinski definition) is 3. The van der Waals surface area contributed by atoms with Crippen molar-refractivity contribution in [2.24, 2.45) is 0 Å². The van der Waals surface area contributed by atoms with E-state index >= 15 is 0 Å². The van der Waals surface area contributed by atoms with Crippen LogP contribution in [0.25, 0.3) is 11.1 Å². The van der Waals surface area contributed by atoms with E-state index in [0.717, 1.165) is 29.5 Å². The molecule has 3 aromatic carbocycles. The van der Waals surface area contributed by atoms with Crippen LogP contribution in [0.1, 0.15) is 58.4 Å². The standard InChI is InChI=1S/C28H29NO3/c1-5-32-27(31)22-10-8-21(9-11-22)14-15-28(29-20(4)30)25-13-7-18(2)16-24(25)23-12-6-19(3)17-26(23)28/h6-13,16-17H,5,14-15H2,1-4H3,(H,29,30). The summed E-state index contributed by atoms with van der Waals surface area (Å²) in [6.45, 7) is 7.92. The Kier molecular flexibility index (Phi) is 5.88. The summed E-state index contributed by atoms with van der Waals surface area (Å²) >= 11 is 0. The number of benzene rings is 3. The van der Waals surface area contributed by atoms with E-state index in [4.69, 9.17) is 4.74 Å². The number of amides is 1. The Bertz CT molecular complexity index is 1180. The first-order valence-electron chi connectivity index (χ1n) is 11.1. The molecular weight excluding hydrogens is 398 g/mol. The first kappa shape index (κ1) is 21.8.